The third kappa shape index (κ3) is 5.70. The quantitative estimate of drug-likeness (QED) is 0.0935. The van der Waals surface area contributed by atoms with E-state index in [0.29, 0.717) is 12.3 Å². The Balaban J connectivity index is 1.50. The molecule has 2 aromatic carbocycles. The molecular weight excluding hydrogens is 663 g/mol. The summed E-state index contributed by atoms with van der Waals surface area (Å²) in [4.78, 5) is 30.4. The fourth-order valence-electron chi connectivity index (χ4n) is 5.60. The average molecular weight is 701 g/mol. The Kier molecular flexibility index (Phi) is 8.99. The van der Waals surface area contributed by atoms with Gasteiger partial charge in [0.15, 0.2) is 17.4 Å². The van der Waals surface area contributed by atoms with E-state index in [4.69, 9.17) is 13.9 Å². The minimum Gasteiger partial charge on any atom is -0.405 e. The molecule has 4 atom stereocenters. The van der Waals surface area contributed by atoms with Gasteiger partial charge < -0.3 is 18.8 Å². The van der Waals surface area contributed by atoms with Crippen molar-refractivity contribution in [3.8, 4) is 0 Å². The maximum absolute atomic E-state index is 12.8. The van der Waals surface area contributed by atoms with Crippen molar-refractivity contribution in [1.82, 2.24) is 24.4 Å². The molecule has 42 heavy (non-hydrogen) atoms. The lowest BCUT2D eigenvalue weighted by Crippen LogP contribution is -2.67. The number of ether oxygens (including phenoxy) is 2. The first-order chi connectivity index (χ1) is 20.1. The highest BCUT2D eigenvalue weighted by Crippen LogP contribution is 2.40. The Bertz CT molecular complexity index is 1550. The summed E-state index contributed by atoms with van der Waals surface area (Å²) in [5.74, 6) is 0.188. The van der Waals surface area contributed by atoms with Crippen LogP contribution in [0.5, 0.6) is 0 Å². The normalized spacial score (nSPS) is 21.4. The molecule has 3 heterocycles. The van der Waals surface area contributed by atoms with E-state index < -0.39 is 14.5 Å². The van der Waals surface area contributed by atoms with Gasteiger partial charge in [-0.25, -0.2) is 9.98 Å². The molecule has 222 valence electrons. The molecule has 1 fully saturated rings. The highest BCUT2D eigenvalue weighted by atomic mass is 127. The van der Waals surface area contributed by atoms with E-state index in [2.05, 4.69) is 112 Å². The van der Waals surface area contributed by atoms with Crippen LogP contribution in [0.15, 0.2) is 76.8 Å². The van der Waals surface area contributed by atoms with Crippen molar-refractivity contribution < 1.29 is 13.9 Å². The van der Waals surface area contributed by atoms with E-state index in [0.717, 1.165) is 0 Å². The maximum Gasteiger partial charge on any atom is 0.280 e. The molecule has 0 saturated carbocycles. The van der Waals surface area contributed by atoms with Crippen LogP contribution in [0, 0.1) is 0 Å². The molecule has 0 radical (unpaired) electrons. The van der Waals surface area contributed by atoms with E-state index >= 15 is 0 Å². The predicted molar refractivity (Wildman–Crippen MR) is 176 cm³/mol. The molecule has 10 nitrogen and oxygen atoms in total. The number of aliphatic imine (C=N–C) groups is 1. The highest BCUT2D eigenvalue weighted by Gasteiger charge is 2.52. The van der Waals surface area contributed by atoms with E-state index in [1.165, 1.54) is 10.4 Å². The molecule has 0 amide bonds. The molecule has 12 heteroatoms. The maximum atomic E-state index is 12.8. The summed E-state index contributed by atoms with van der Waals surface area (Å²) in [6, 6.07) is 21.1. The number of imidazole rings is 1. The Labute approximate surface area is 260 Å². The molecule has 1 saturated heterocycles. The number of H-pyrrole nitrogens is 1. The van der Waals surface area contributed by atoms with Crippen LogP contribution in [-0.4, -0.2) is 83.0 Å². The predicted octanol–water partition coefficient (Wildman–Crippen LogP) is 3.63. The number of aromatic nitrogens is 4. The number of hydrogen-bond acceptors (Lipinski definition) is 7. The standard InChI is InChI=1S/C30H37IN6O4Si/c1-30(2,3)42(20-13-9-7-10-14-20,21-15-11-8-12-16-21)40-17-22-23(31)25(39-6)28(41-22)37-19-32-24-26(37)34-29(35-27(24)38)33-18-36(4)5/h7-16,18-19,22-23,25,28H,17H2,1-6H3,(H,34,35,38)/t22-,23?,25?,28-/m1/s1. The Hall–Kier alpha value is -2.91. The monoisotopic (exact) mass is 700 g/mol. The first kappa shape index (κ1) is 30.5. The van der Waals surface area contributed by atoms with Crippen LogP contribution in [0.1, 0.15) is 27.0 Å². The largest absolute Gasteiger partial charge is 0.405 e. The minimum absolute atomic E-state index is 0.0403. The van der Waals surface area contributed by atoms with Crippen molar-refractivity contribution in [3.63, 3.8) is 0 Å². The smallest absolute Gasteiger partial charge is 0.280 e. The second-order valence-electron chi connectivity index (χ2n) is 11.6. The lowest BCUT2D eigenvalue weighted by Gasteiger charge is -2.43. The molecule has 4 aromatic rings. The number of benzene rings is 2. The third-order valence-electron chi connectivity index (χ3n) is 7.52. The summed E-state index contributed by atoms with van der Waals surface area (Å²) >= 11 is 2.39. The van der Waals surface area contributed by atoms with Gasteiger partial charge in [-0.05, 0) is 15.4 Å². The fraction of sp³-hybridized carbons (Fsp3) is 0.400. The van der Waals surface area contributed by atoms with E-state index in [1.807, 2.05) is 26.2 Å². The molecule has 0 aliphatic carbocycles. The second-order valence-corrected chi connectivity index (χ2v) is 17.3. The Morgan fingerprint density at radius 2 is 1.74 bits per heavy atom. The number of aromatic amines is 1. The molecule has 1 N–H and O–H groups in total. The lowest BCUT2D eigenvalue weighted by molar-refractivity contribution is -0.0567. The van der Waals surface area contributed by atoms with E-state index in [1.54, 1.807) is 29.2 Å². The number of nitrogens with one attached hydrogen (secondary N) is 1. The number of nitrogens with zero attached hydrogens (tertiary/aromatic N) is 5. The van der Waals surface area contributed by atoms with Gasteiger partial charge in [-0.1, -0.05) is 104 Å². The SMILES string of the molecule is COC1C(I)[C@@H](CO[Si](c2ccccc2)(c2ccccc2)C(C)(C)C)O[C@H]1n1cnc2c(=O)[nH]c(N=CN(C)C)nc21. The second kappa shape index (κ2) is 12.4. The van der Waals surface area contributed by atoms with Crippen LogP contribution < -0.4 is 15.9 Å². The Morgan fingerprint density at radius 1 is 1.12 bits per heavy atom. The van der Waals surface area contributed by atoms with Crippen LogP contribution in [0.2, 0.25) is 5.04 Å². The molecule has 2 unspecified atom stereocenters. The van der Waals surface area contributed by atoms with Crippen molar-refractivity contribution >= 4 is 64.7 Å². The van der Waals surface area contributed by atoms with Crippen molar-refractivity contribution in [2.75, 3.05) is 27.8 Å². The molecule has 1 aliphatic heterocycles. The lowest BCUT2D eigenvalue weighted by atomic mass is 10.2. The summed E-state index contributed by atoms with van der Waals surface area (Å²) in [6.07, 6.45) is 1.99. The molecular formula is C30H37IN6O4Si. The van der Waals surface area contributed by atoms with Crippen LogP contribution >= 0.6 is 22.6 Å². The zero-order valence-electron chi connectivity index (χ0n) is 24.7. The number of halogens is 1. The van der Waals surface area contributed by atoms with Crippen LogP contribution in [0.25, 0.3) is 11.2 Å². The fourth-order valence-corrected chi connectivity index (χ4v) is 11.2. The van der Waals surface area contributed by atoms with Crippen molar-refractivity contribution in [2.24, 2.45) is 4.99 Å². The van der Waals surface area contributed by atoms with Gasteiger partial charge >= 0.3 is 0 Å². The first-order valence-electron chi connectivity index (χ1n) is 13.8. The average Bonchev–Trinajstić information content (AvgIpc) is 3.53. The van der Waals surface area contributed by atoms with Gasteiger partial charge in [-0.15, -0.1) is 0 Å². The van der Waals surface area contributed by atoms with Gasteiger partial charge in [0, 0.05) is 21.2 Å². The zero-order valence-corrected chi connectivity index (χ0v) is 27.8. The number of fused-ring (bicyclic) bond motifs is 1. The van der Waals surface area contributed by atoms with Crippen molar-refractivity contribution in [3.05, 3.63) is 77.3 Å². The zero-order chi connectivity index (χ0) is 30.1. The third-order valence-corrected chi connectivity index (χ3v) is 14.0. The highest BCUT2D eigenvalue weighted by molar-refractivity contribution is 14.1. The van der Waals surface area contributed by atoms with Gasteiger partial charge in [0.25, 0.3) is 13.9 Å². The van der Waals surface area contributed by atoms with E-state index in [9.17, 15) is 4.79 Å². The van der Waals surface area contributed by atoms with Gasteiger partial charge in [-0.3, -0.25) is 14.3 Å². The first-order valence-corrected chi connectivity index (χ1v) is 17.0. The number of hydrogen-bond donors (Lipinski definition) is 1. The van der Waals surface area contributed by atoms with Crippen molar-refractivity contribution in [1.29, 1.82) is 0 Å². The van der Waals surface area contributed by atoms with Gasteiger partial charge in [-0.2, -0.15) is 4.98 Å². The number of methoxy groups -OCH3 is 1. The van der Waals surface area contributed by atoms with Gasteiger partial charge in [0.1, 0.15) is 6.10 Å². The molecule has 2 aromatic heterocycles. The summed E-state index contributed by atoms with van der Waals surface area (Å²) in [7, 11) is 2.59. The summed E-state index contributed by atoms with van der Waals surface area (Å²) in [5, 5.41) is 2.26. The summed E-state index contributed by atoms with van der Waals surface area (Å²) in [6.45, 7) is 7.15. The molecule has 5 rings (SSSR count). The van der Waals surface area contributed by atoms with Gasteiger partial charge in [0.05, 0.1) is 29.3 Å². The summed E-state index contributed by atoms with van der Waals surface area (Å²) < 4.78 is 21.6. The number of alkyl halides is 1. The van der Waals surface area contributed by atoms with Crippen LogP contribution in [-0.2, 0) is 13.9 Å². The molecule has 0 spiro atoms. The van der Waals surface area contributed by atoms with E-state index in [-0.39, 0.29) is 38.2 Å². The topological polar surface area (TPSA) is 107 Å². The van der Waals surface area contributed by atoms with Crippen LogP contribution in [0.3, 0.4) is 0 Å². The number of rotatable bonds is 9. The molecule has 0 bridgehead atoms. The van der Waals surface area contributed by atoms with Gasteiger partial charge in [0.2, 0.25) is 5.95 Å². The Morgan fingerprint density at radius 3 is 2.29 bits per heavy atom. The molecule has 1 aliphatic rings. The minimum atomic E-state index is -2.76. The van der Waals surface area contributed by atoms with Crippen LogP contribution in [0.4, 0.5) is 5.95 Å². The van der Waals surface area contributed by atoms with Crippen molar-refractivity contribution in [2.45, 2.75) is 48.2 Å². The summed E-state index contributed by atoms with van der Waals surface area (Å²) in [5.41, 5.74) is 0.234.